The Kier molecular flexibility index (Phi) is 5.65. The topological polar surface area (TPSA) is 87.9 Å². The van der Waals surface area contributed by atoms with E-state index in [0.717, 1.165) is 24.3 Å². The summed E-state index contributed by atoms with van der Waals surface area (Å²) >= 11 is 0. The van der Waals surface area contributed by atoms with Crippen molar-refractivity contribution in [3.8, 4) is 11.5 Å². The maximum absolute atomic E-state index is 12.1. The number of carbonyl (C=O) groups excluding carboxylic acids is 1. The van der Waals surface area contributed by atoms with Gasteiger partial charge in [-0.15, -0.1) is 13.2 Å². The first-order valence-corrected chi connectivity index (χ1v) is 7.12. The summed E-state index contributed by atoms with van der Waals surface area (Å²) in [6, 6.07) is 9.57. The third-order valence-electron chi connectivity index (χ3n) is 3.10. The van der Waals surface area contributed by atoms with Gasteiger partial charge in [-0.25, -0.2) is 4.79 Å². The fraction of sp³-hybridized carbons (Fsp3) is 0.188. The molecule has 0 bridgehead atoms. The summed E-state index contributed by atoms with van der Waals surface area (Å²) in [5, 5.41) is 10.5. The second kappa shape index (κ2) is 7.72. The van der Waals surface area contributed by atoms with Crippen LogP contribution in [0.2, 0.25) is 0 Å². The lowest BCUT2D eigenvalue weighted by Crippen LogP contribution is -2.17. The minimum atomic E-state index is -4.79. The molecule has 0 aliphatic heterocycles. The van der Waals surface area contributed by atoms with E-state index in [1.165, 1.54) is 31.2 Å². The number of halogens is 3. The van der Waals surface area contributed by atoms with Crippen molar-refractivity contribution in [2.75, 3.05) is 0 Å². The minimum Gasteiger partial charge on any atom is -0.426 e. The van der Waals surface area contributed by atoms with Gasteiger partial charge in [0.1, 0.15) is 17.6 Å². The first kappa shape index (κ1) is 19.0. The first-order valence-electron chi connectivity index (χ1n) is 7.12. The quantitative estimate of drug-likeness (QED) is 0.326. The molecule has 10 heteroatoms. The van der Waals surface area contributed by atoms with Crippen LogP contribution in [0.5, 0.6) is 11.5 Å². The molecule has 138 valence electrons. The number of carbonyl (C=O) groups is 1. The molecule has 0 saturated carbocycles. The van der Waals surface area contributed by atoms with E-state index >= 15 is 0 Å². The lowest BCUT2D eigenvalue weighted by Gasteiger charge is -2.14. The van der Waals surface area contributed by atoms with E-state index in [1.807, 2.05) is 0 Å². The zero-order valence-corrected chi connectivity index (χ0v) is 13.2. The Labute approximate surface area is 145 Å². The van der Waals surface area contributed by atoms with E-state index in [-0.39, 0.29) is 11.4 Å². The van der Waals surface area contributed by atoms with Crippen LogP contribution in [0.1, 0.15) is 18.6 Å². The smallest absolute Gasteiger partial charge is 0.426 e. The highest BCUT2D eigenvalue weighted by Gasteiger charge is 2.31. The van der Waals surface area contributed by atoms with Crippen LogP contribution in [-0.2, 0) is 4.74 Å². The maximum atomic E-state index is 12.1. The predicted octanol–water partition coefficient (Wildman–Crippen LogP) is 4.77. The monoisotopic (exact) mass is 371 g/mol. The maximum Gasteiger partial charge on any atom is 0.573 e. The molecule has 0 aliphatic rings. The highest BCUT2D eigenvalue weighted by atomic mass is 19.4. The number of nitrogens with zero attached hydrogens (tertiary/aromatic N) is 1. The average molecular weight is 371 g/mol. The van der Waals surface area contributed by atoms with Crippen LogP contribution in [0.4, 0.5) is 23.7 Å². The molecular formula is C16H12F3NO6. The van der Waals surface area contributed by atoms with Crippen molar-refractivity contribution in [2.45, 2.75) is 19.4 Å². The molecule has 0 aromatic heterocycles. The van der Waals surface area contributed by atoms with Gasteiger partial charge in [0.25, 0.3) is 5.69 Å². The van der Waals surface area contributed by atoms with Gasteiger partial charge >= 0.3 is 12.5 Å². The van der Waals surface area contributed by atoms with Crippen LogP contribution < -0.4 is 9.47 Å². The summed E-state index contributed by atoms with van der Waals surface area (Å²) in [5.74, 6) is -0.358. The first-order chi connectivity index (χ1) is 12.1. The molecule has 0 aliphatic carbocycles. The molecule has 0 saturated heterocycles. The molecule has 2 aromatic rings. The Hall–Kier alpha value is -3.30. The normalized spacial score (nSPS) is 12.2. The summed E-state index contributed by atoms with van der Waals surface area (Å²) in [5.41, 5.74) is 0.250. The van der Waals surface area contributed by atoms with E-state index in [4.69, 9.17) is 9.47 Å². The molecule has 0 radical (unpaired) electrons. The van der Waals surface area contributed by atoms with Crippen LogP contribution in [0.25, 0.3) is 0 Å². The zero-order chi connectivity index (χ0) is 19.3. The van der Waals surface area contributed by atoms with Crippen molar-refractivity contribution in [1.82, 2.24) is 0 Å². The van der Waals surface area contributed by atoms with Crippen LogP contribution in [-0.4, -0.2) is 17.4 Å². The Balaban J connectivity index is 1.92. The Bertz CT molecular complexity index is 774. The van der Waals surface area contributed by atoms with Gasteiger partial charge in [0.05, 0.1) is 4.92 Å². The third-order valence-corrected chi connectivity index (χ3v) is 3.10. The fourth-order valence-corrected chi connectivity index (χ4v) is 1.91. The van der Waals surface area contributed by atoms with Gasteiger partial charge in [-0.2, -0.15) is 0 Å². The summed E-state index contributed by atoms with van der Waals surface area (Å²) < 4.78 is 49.9. The van der Waals surface area contributed by atoms with E-state index < -0.39 is 29.3 Å². The summed E-state index contributed by atoms with van der Waals surface area (Å²) in [6.45, 7) is 1.50. The van der Waals surface area contributed by atoms with Crippen LogP contribution in [0, 0.1) is 10.1 Å². The summed E-state index contributed by atoms with van der Waals surface area (Å²) in [6.07, 6.45) is -6.67. The number of alkyl halides is 3. The van der Waals surface area contributed by atoms with E-state index in [1.54, 1.807) is 0 Å². The number of nitro groups is 1. The van der Waals surface area contributed by atoms with Crippen molar-refractivity contribution < 1.29 is 37.1 Å². The number of hydrogen-bond donors (Lipinski definition) is 0. The number of hydrogen-bond acceptors (Lipinski definition) is 6. The Morgan fingerprint density at radius 1 is 1.04 bits per heavy atom. The van der Waals surface area contributed by atoms with Gasteiger partial charge in [0, 0.05) is 12.1 Å². The zero-order valence-electron chi connectivity index (χ0n) is 13.2. The fourth-order valence-electron chi connectivity index (χ4n) is 1.91. The molecule has 7 nitrogen and oxygen atoms in total. The number of rotatable bonds is 5. The van der Waals surface area contributed by atoms with Gasteiger partial charge in [0.15, 0.2) is 0 Å². The van der Waals surface area contributed by atoms with Gasteiger partial charge in [-0.05, 0) is 36.8 Å². The Morgan fingerprint density at radius 2 is 1.58 bits per heavy atom. The van der Waals surface area contributed by atoms with Crippen LogP contribution >= 0.6 is 0 Å². The average Bonchev–Trinajstić information content (AvgIpc) is 2.54. The third kappa shape index (κ3) is 5.65. The highest BCUT2D eigenvalue weighted by Crippen LogP contribution is 2.26. The molecule has 0 unspecified atom stereocenters. The van der Waals surface area contributed by atoms with E-state index in [9.17, 15) is 28.1 Å². The standard InChI is InChI=1S/C16H12F3NO6/c1-10(11-2-6-14(7-3-11)26-16(17,18)19)24-15(21)25-13-8-4-12(5-9-13)20(22)23/h2-10H,1H3/t10-/m1/s1. The number of benzene rings is 2. The second-order valence-electron chi connectivity index (χ2n) is 4.98. The van der Waals surface area contributed by atoms with Crippen molar-refractivity contribution >= 4 is 11.8 Å². The van der Waals surface area contributed by atoms with E-state index in [0.29, 0.717) is 5.56 Å². The minimum absolute atomic E-state index is 0.0433. The lowest BCUT2D eigenvalue weighted by atomic mass is 10.1. The van der Waals surface area contributed by atoms with Gasteiger partial charge < -0.3 is 14.2 Å². The number of ether oxygens (including phenoxy) is 3. The molecule has 2 rings (SSSR count). The Morgan fingerprint density at radius 3 is 2.08 bits per heavy atom. The molecule has 26 heavy (non-hydrogen) atoms. The summed E-state index contributed by atoms with van der Waals surface area (Å²) in [7, 11) is 0. The predicted molar refractivity (Wildman–Crippen MR) is 81.7 cm³/mol. The number of nitro benzene ring substituents is 1. The lowest BCUT2D eigenvalue weighted by molar-refractivity contribution is -0.384. The highest BCUT2D eigenvalue weighted by molar-refractivity contribution is 5.64. The molecule has 1 atom stereocenters. The van der Waals surface area contributed by atoms with Crippen molar-refractivity contribution in [1.29, 1.82) is 0 Å². The molecular weight excluding hydrogens is 359 g/mol. The summed E-state index contributed by atoms with van der Waals surface area (Å²) in [4.78, 5) is 21.7. The SMILES string of the molecule is C[C@@H](OC(=O)Oc1ccc([N+](=O)[O-])cc1)c1ccc(OC(F)(F)F)cc1. The van der Waals surface area contributed by atoms with Crippen molar-refractivity contribution in [2.24, 2.45) is 0 Å². The molecule has 0 fully saturated rings. The van der Waals surface area contributed by atoms with Crippen molar-refractivity contribution in [3.63, 3.8) is 0 Å². The largest absolute Gasteiger partial charge is 0.573 e. The van der Waals surface area contributed by atoms with E-state index in [2.05, 4.69) is 4.74 Å². The molecule has 2 aromatic carbocycles. The number of non-ortho nitro benzene ring substituents is 1. The molecule has 0 heterocycles. The van der Waals surface area contributed by atoms with Gasteiger partial charge in [-0.3, -0.25) is 10.1 Å². The van der Waals surface area contributed by atoms with Crippen LogP contribution in [0.3, 0.4) is 0 Å². The van der Waals surface area contributed by atoms with Crippen LogP contribution in [0.15, 0.2) is 48.5 Å². The molecule has 0 N–H and O–H groups in total. The second-order valence-corrected chi connectivity index (χ2v) is 4.98. The van der Waals surface area contributed by atoms with Gasteiger partial charge in [0.2, 0.25) is 0 Å². The van der Waals surface area contributed by atoms with Crippen molar-refractivity contribution in [3.05, 3.63) is 64.2 Å². The molecule has 0 spiro atoms. The molecule has 0 amide bonds. The van der Waals surface area contributed by atoms with Gasteiger partial charge in [-0.1, -0.05) is 12.1 Å².